The number of fused-ring (bicyclic) bond motifs is 3. The number of nitrogen functional groups attached to an aromatic ring is 1. The molecule has 34 heavy (non-hydrogen) atoms. The molecule has 0 aliphatic carbocycles. The molecule has 0 saturated carbocycles. The topological polar surface area (TPSA) is 99.2 Å². The average molecular weight is 453 g/mol. The number of carbonyl (C=O) groups excluding carboxylic acids is 1. The van der Waals surface area contributed by atoms with Gasteiger partial charge in [-0.05, 0) is 48.7 Å². The number of pyridine rings is 2. The van der Waals surface area contributed by atoms with Crippen molar-refractivity contribution in [2.75, 3.05) is 10.6 Å². The Bertz CT molecular complexity index is 1500. The summed E-state index contributed by atoms with van der Waals surface area (Å²) in [5, 5.41) is 5.15. The van der Waals surface area contributed by atoms with E-state index in [1.807, 2.05) is 45.3 Å². The first-order chi connectivity index (χ1) is 16.4. The lowest BCUT2D eigenvalue weighted by molar-refractivity contribution is 0.0984. The van der Waals surface area contributed by atoms with E-state index in [9.17, 15) is 4.79 Å². The summed E-state index contributed by atoms with van der Waals surface area (Å²) < 4.78 is 7.28. The number of terminal acetylenes is 1. The van der Waals surface area contributed by atoms with Crippen molar-refractivity contribution < 1.29 is 9.53 Å². The number of aromatic nitrogens is 4. The molecule has 8 heteroatoms. The van der Waals surface area contributed by atoms with Gasteiger partial charge in [0, 0.05) is 41.5 Å². The van der Waals surface area contributed by atoms with E-state index < -0.39 is 0 Å². The second kappa shape index (κ2) is 8.28. The van der Waals surface area contributed by atoms with Gasteiger partial charge in [-0.25, -0.2) is 4.98 Å². The highest BCUT2D eigenvalue weighted by molar-refractivity contribution is 6.09. The Labute approximate surface area is 197 Å². The number of hydrogen-bond donors (Lipinski definition) is 1. The summed E-state index contributed by atoms with van der Waals surface area (Å²) >= 11 is 0. The second-order valence-corrected chi connectivity index (χ2v) is 8.53. The first-order valence-electron chi connectivity index (χ1n) is 10.9. The third kappa shape index (κ3) is 3.66. The lowest BCUT2D eigenvalue weighted by Crippen LogP contribution is -2.31. The van der Waals surface area contributed by atoms with E-state index in [1.165, 1.54) is 0 Å². The van der Waals surface area contributed by atoms with Crippen LogP contribution in [-0.2, 0) is 31.5 Å². The summed E-state index contributed by atoms with van der Waals surface area (Å²) in [5.41, 5.74) is 13.2. The Morgan fingerprint density at radius 1 is 1.21 bits per heavy atom. The van der Waals surface area contributed by atoms with Gasteiger partial charge in [0.1, 0.15) is 5.82 Å². The Morgan fingerprint density at radius 3 is 2.71 bits per heavy atom. The van der Waals surface area contributed by atoms with E-state index in [0.29, 0.717) is 30.3 Å². The maximum absolute atomic E-state index is 14.0. The fourth-order valence-electron chi connectivity index (χ4n) is 4.34. The molecule has 3 aromatic heterocycles. The molecule has 1 amide bonds. The van der Waals surface area contributed by atoms with Gasteiger partial charge in [-0.3, -0.25) is 19.4 Å². The molecule has 4 heterocycles. The van der Waals surface area contributed by atoms with Crippen molar-refractivity contribution in [3.63, 3.8) is 0 Å². The maximum atomic E-state index is 14.0. The molecular weight excluding hydrogens is 428 g/mol. The van der Waals surface area contributed by atoms with Gasteiger partial charge in [0.2, 0.25) is 0 Å². The summed E-state index contributed by atoms with van der Waals surface area (Å²) in [7, 11) is 1.82. The highest BCUT2D eigenvalue weighted by Gasteiger charge is 2.25. The second-order valence-electron chi connectivity index (χ2n) is 8.53. The highest BCUT2D eigenvalue weighted by atomic mass is 16.5. The molecule has 0 unspecified atom stereocenters. The number of hydrogen-bond acceptors (Lipinski definition) is 6. The zero-order chi connectivity index (χ0) is 24.0. The minimum Gasteiger partial charge on any atom is -0.383 e. The molecule has 0 atom stereocenters. The van der Waals surface area contributed by atoms with Crippen LogP contribution in [0.15, 0.2) is 36.8 Å². The number of rotatable bonds is 4. The van der Waals surface area contributed by atoms with Crippen molar-refractivity contribution >= 4 is 28.3 Å². The van der Waals surface area contributed by atoms with Crippen LogP contribution < -0.4 is 10.6 Å². The van der Waals surface area contributed by atoms with E-state index in [1.54, 1.807) is 22.0 Å². The monoisotopic (exact) mass is 452 g/mol. The van der Waals surface area contributed by atoms with Crippen LogP contribution >= 0.6 is 0 Å². The quantitative estimate of drug-likeness (QED) is 0.477. The molecule has 8 nitrogen and oxygen atoms in total. The third-order valence-electron chi connectivity index (χ3n) is 6.20. The Morgan fingerprint density at radius 2 is 2.00 bits per heavy atom. The van der Waals surface area contributed by atoms with Crippen molar-refractivity contribution in [3.05, 3.63) is 75.9 Å². The summed E-state index contributed by atoms with van der Waals surface area (Å²) in [4.78, 5) is 24.7. The normalized spacial score (nSPS) is 12.5. The number of amides is 1. The van der Waals surface area contributed by atoms with Crippen LogP contribution in [0.2, 0.25) is 0 Å². The molecule has 1 aliphatic heterocycles. The van der Waals surface area contributed by atoms with Gasteiger partial charge in [-0.1, -0.05) is 5.92 Å². The van der Waals surface area contributed by atoms with E-state index in [2.05, 4.69) is 21.0 Å². The van der Waals surface area contributed by atoms with E-state index in [4.69, 9.17) is 16.9 Å². The fourth-order valence-corrected chi connectivity index (χ4v) is 4.34. The van der Waals surface area contributed by atoms with Crippen LogP contribution in [0.5, 0.6) is 0 Å². The van der Waals surface area contributed by atoms with Gasteiger partial charge in [-0.2, -0.15) is 5.10 Å². The molecule has 2 N–H and O–H groups in total. The lowest BCUT2D eigenvalue weighted by Gasteiger charge is -2.22. The zero-order valence-corrected chi connectivity index (χ0v) is 19.3. The summed E-state index contributed by atoms with van der Waals surface area (Å²) in [6.07, 6.45) is 10.7. The van der Waals surface area contributed by atoms with Crippen molar-refractivity contribution in [1.82, 2.24) is 19.7 Å². The zero-order valence-electron chi connectivity index (χ0n) is 19.3. The fraction of sp³-hybridized carbons (Fsp3) is 0.231. The van der Waals surface area contributed by atoms with Crippen LogP contribution in [-0.4, -0.2) is 25.7 Å². The third-order valence-corrected chi connectivity index (χ3v) is 6.20. The van der Waals surface area contributed by atoms with Crippen LogP contribution in [0.25, 0.3) is 10.9 Å². The van der Waals surface area contributed by atoms with Crippen LogP contribution in [0.1, 0.15) is 43.9 Å². The number of benzene rings is 1. The lowest BCUT2D eigenvalue weighted by atomic mass is 9.98. The van der Waals surface area contributed by atoms with Gasteiger partial charge in [0.15, 0.2) is 0 Å². The number of carbonyl (C=O) groups is 1. The molecule has 0 radical (unpaired) electrons. The summed E-state index contributed by atoms with van der Waals surface area (Å²) in [5.74, 6) is 2.95. The number of nitrogens with two attached hydrogens (primary N) is 1. The SMILES string of the molecule is C#Cc1cnc(CN(C(=O)c2cc3c4c(c(N)nc3cc2C)COC4)c2cnn(C)c2)cc1C. The standard InChI is InChI=1S/C26H24N6O2/c1-5-17-9-28-18(6-15(17)2)11-32(19-10-29-31(4)12-19)26(33)20-8-21-22-13-34-14-23(22)25(27)30-24(21)7-16(20)3/h1,6-10,12H,11,13-14H2,2-4H3,(H2,27,30). The average Bonchev–Trinajstić information content (AvgIpc) is 3.47. The van der Waals surface area contributed by atoms with Gasteiger partial charge < -0.3 is 10.5 Å². The minimum absolute atomic E-state index is 0.155. The maximum Gasteiger partial charge on any atom is 0.259 e. The number of nitrogens with zero attached hydrogens (tertiary/aromatic N) is 5. The molecular formula is C26H24N6O2. The van der Waals surface area contributed by atoms with E-state index in [0.717, 1.165) is 44.4 Å². The van der Waals surface area contributed by atoms with Crippen molar-refractivity contribution in [3.8, 4) is 12.3 Å². The van der Waals surface area contributed by atoms with Crippen LogP contribution in [0.3, 0.4) is 0 Å². The van der Waals surface area contributed by atoms with Crippen molar-refractivity contribution in [2.24, 2.45) is 7.05 Å². The predicted octanol–water partition coefficient (Wildman–Crippen LogP) is 3.42. The van der Waals surface area contributed by atoms with Crippen LogP contribution in [0.4, 0.5) is 11.5 Å². The first kappa shape index (κ1) is 21.6. The molecule has 0 bridgehead atoms. The van der Waals surface area contributed by atoms with Crippen molar-refractivity contribution in [2.45, 2.75) is 33.6 Å². The first-order valence-corrected chi connectivity index (χ1v) is 10.9. The van der Waals surface area contributed by atoms with Gasteiger partial charge in [0.05, 0.1) is 42.9 Å². The van der Waals surface area contributed by atoms with E-state index in [-0.39, 0.29) is 12.5 Å². The predicted molar refractivity (Wildman–Crippen MR) is 130 cm³/mol. The Hall–Kier alpha value is -4.22. The molecule has 1 aliphatic rings. The molecule has 4 aromatic rings. The Kier molecular flexibility index (Phi) is 5.27. The summed E-state index contributed by atoms with van der Waals surface area (Å²) in [6.45, 7) is 4.99. The number of ether oxygens (including phenoxy) is 1. The van der Waals surface area contributed by atoms with Gasteiger partial charge in [0.25, 0.3) is 5.91 Å². The highest BCUT2D eigenvalue weighted by Crippen LogP contribution is 2.33. The molecule has 0 fully saturated rings. The molecule has 1 aromatic carbocycles. The molecule has 0 saturated heterocycles. The van der Waals surface area contributed by atoms with E-state index >= 15 is 0 Å². The number of aryl methyl sites for hydroxylation is 3. The van der Waals surface area contributed by atoms with Crippen LogP contribution in [0, 0.1) is 26.2 Å². The van der Waals surface area contributed by atoms with Gasteiger partial charge in [-0.15, -0.1) is 6.42 Å². The minimum atomic E-state index is -0.155. The summed E-state index contributed by atoms with van der Waals surface area (Å²) in [6, 6.07) is 5.72. The molecule has 5 rings (SSSR count). The Balaban J connectivity index is 1.60. The largest absolute Gasteiger partial charge is 0.383 e. The van der Waals surface area contributed by atoms with Gasteiger partial charge >= 0.3 is 0 Å². The molecule has 170 valence electrons. The number of anilines is 2. The van der Waals surface area contributed by atoms with Crippen molar-refractivity contribution in [1.29, 1.82) is 0 Å². The smallest absolute Gasteiger partial charge is 0.259 e. The molecule has 0 spiro atoms.